The van der Waals surface area contributed by atoms with E-state index in [2.05, 4.69) is 10.6 Å². The van der Waals surface area contributed by atoms with Crippen LogP contribution in [0, 0.1) is 0 Å². The zero-order chi connectivity index (χ0) is 20.6. The second-order valence-corrected chi connectivity index (χ2v) is 6.30. The molecule has 1 saturated heterocycles. The van der Waals surface area contributed by atoms with Crippen LogP contribution < -0.4 is 20.1 Å². The molecule has 0 aromatic heterocycles. The summed E-state index contributed by atoms with van der Waals surface area (Å²) in [6.07, 6.45) is 0. The summed E-state index contributed by atoms with van der Waals surface area (Å²) in [6, 6.07) is 13.7. The zero-order valence-corrected chi connectivity index (χ0v) is 16.1. The van der Waals surface area contributed by atoms with Crippen molar-refractivity contribution in [2.75, 3.05) is 26.3 Å². The van der Waals surface area contributed by atoms with Crippen molar-refractivity contribution in [1.82, 2.24) is 15.5 Å². The van der Waals surface area contributed by atoms with Crippen molar-refractivity contribution < 1.29 is 23.9 Å². The Labute approximate surface area is 168 Å². The third-order valence-corrected chi connectivity index (χ3v) is 4.32. The van der Waals surface area contributed by atoms with Crippen LogP contribution in [-0.4, -0.2) is 49.0 Å². The number of amides is 4. The molecule has 0 bridgehead atoms. The molecule has 2 aromatic rings. The van der Waals surface area contributed by atoms with Crippen LogP contribution in [0.2, 0.25) is 0 Å². The summed E-state index contributed by atoms with van der Waals surface area (Å²) >= 11 is 0. The molecule has 2 N–H and O–H groups in total. The van der Waals surface area contributed by atoms with E-state index >= 15 is 0 Å². The Kier molecular flexibility index (Phi) is 6.67. The molecule has 3 rings (SSSR count). The zero-order valence-electron chi connectivity index (χ0n) is 16.1. The Bertz CT molecular complexity index is 866. The fraction of sp³-hybridized carbons (Fsp3) is 0.286. The molecule has 8 heteroatoms. The highest BCUT2D eigenvalue weighted by Crippen LogP contribution is 2.17. The number of nitrogens with one attached hydrogen (secondary N) is 2. The van der Waals surface area contributed by atoms with Gasteiger partial charge in [0.1, 0.15) is 18.1 Å². The van der Waals surface area contributed by atoms with Crippen LogP contribution in [0.1, 0.15) is 22.8 Å². The molecule has 1 aliphatic heterocycles. The fourth-order valence-corrected chi connectivity index (χ4v) is 2.89. The minimum atomic E-state index is -0.450. The van der Waals surface area contributed by atoms with Crippen LogP contribution in [0.3, 0.4) is 0 Å². The first-order valence-electron chi connectivity index (χ1n) is 9.38. The number of carbonyl (C=O) groups excluding carboxylic acids is 3. The lowest BCUT2D eigenvalue weighted by Gasteiger charge is -2.15. The van der Waals surface area contributed by atoms with Gasteiger partial charge in [0.25, 0.3) is 5.91 Å². The van der Waals surface area contributed by atoms with Gasteiger partial charge in [-0.2, -0.15) is 0 Å². The molecule has 4 amide bonds. The van der Waals surface area contributed by atoms with Gasteiger partial charge in [0, 0.05) is 5.56 Å². The molecule has 0 atom stereocenters. The summed E-state index contributed by atoms with van der Waals surface area (Å²) in [6.45, 7) is 3.17. The van der Waals surface area contributed by atoms with E-state index in [9.17, 15) is 14.4 Å². The Morgan fingerprint density at radius 3 is 2.41 bits per heavy atom. The second kappa shape index (κ2) is 9.59. The molecular formula is C21H23N3O5. The van der Waals surface area contributed by atoms with E-state index < -0.39 is 6.03 Å². The van der Waals surface area contributed by atoms with E-state index in [-0.39, 0.29) is 24.9 Å². The Hall–Kier alpha value is -3.55. The van der Waals surface area contributed by atoms with E-state index in [1.807, 2.05) is 19.1 Å². The lowest BCUT2D eigenvalue weighted by molar-refractivity contribution is -0.125. The Balaban J connectivity index is 1.52. The average Bonchev–Trinajstić information content (AvgIpc) is 3.05. The number of ether oxygens (including phenoxy) is 2. The van der Waals surface area contributed by atoms with Crippen molar-refractivity contribution in [2.24, 2.45) is 0 Å². The van der Waals surface area contributed by atoms with Gasteiger partial charge in [-0.15, -0.1) is 0 Å². The number of rotatable bonds is 9. The van der Waals surface area contributed by atoms with Crippen LogP contribution in [0.15, 0.2) is 48.5 Å². The Morgan fingerprint density at radius 1 is 1.07 bits per heavy atom. The standard InChI is InChI=1S/C21H23N3O5/c1-2-28-16-7-9-17(10-8-16)29-12-11-22-20(26)18-6-4-3-5-15(18)14-24-19(25)13-23-21(24)27/h3-10H,2,11-14H2,1H3,(H,22,26)(H,23,27). The Morgan fingerprint density at radius 2 is 1.76 bits per heavy atom. The molecule has 29 heavy (non-hydrogen) atoms. The molecule has 0 aliphatic carbocycles. The number of hydrogen-bond donors (Lipinski definition) is 2. The molecule has 0 unspecified atom stereocenters. The summed E-state index contributed by atoms with van der Waals surface area (Å²) in [4.78, 5) is 37.2. The first-order valence-corrected chi connectivity index (χ1v) is 9.38. The summed E-state index contributed by atoms with van der Waals surface area (Å²) in [7, 11) is 0. The number of imide groups is 1. The third kappa shape index (κ3) is 5.25. The van der Waals surface area contributed by atoms with Gasteiger partial charge in [0.2, 0.25) is 5.91 Å². The molecule has 1 aliphatic rings. The van der Waals surface area contributed by atoms with E-state index in [4.69, 9.17) is 9.47 Å². The van der Waals surface area contributed by atoms with Gasteiger partial charge in [-0.05, 0) is 42.8 Å². The van der Waals surface area contributed by atoms with Crippen molar-refractivity contribution in [3.63, 3.8) is 0 Å². The monoisotopic (exact) mass is 397 g/mol. The van der Waals surface area contributed by atoms with E-state index in [0.717, 1.165) is 10.6 Å². The van der Waals surface area contributed by atoms with Gasteiger partial charge >= 0.3 is 6.03 Å². The molecule has 1 heterocycles. The maximum absolute atomic E-state index is 12.5. The molecule has 152 valence electrons. The molecule has 2 aromatic carbocycles. The smallest absolute Gasteiger partial charge is 0.324 e. The van der Waals surface area contributed by atoms with Crippen LogP contribution in [0.25, 0.3) is 0 Å². The van der Waals surface area contributed by atoms with E-state index in [0.29, 0.717) is 36.6 Å². The lowest BCUT2D eigenvalue weighted by Crippen LogP contribution is -2.33. The minimum absolute atomic E-state index is 0.0178. The molecule has 0 saturated carbocycles. The summed E-state index contributed by atoms with van der Waals surface area (Å²) in [5, 5.41) is 5.26. The summed E-state index contributed by atoms with van der Waals surface area (Å²) in [5.41, 5.74) is 1.02. The first-order chi connectivity index (χ1) is 14.1. The lowest BCUT2D eigenvalue weighted by atomic mass is 10.1. The van der Waals surface area contributed by atoms with Crippen molar-refractivity contribution in [3.05, 3.63) is 59.7 Å². The molecular weight excluding hydrogens is 374 g/mol. The van der Waals surface area contributed by atoms with Gasteiger partial charge in [-0.25, -0.2) is 4.79 Å². The number of nitrogens with zero attached hydrogens (tertiary/aromatic N) is 1. The van der Waals surface area contributed by atoms with Gasteiger partial charge in [0.05, 0.1) is 26.2 Å². The van der Waals surface area contributed by atoms with Gasteiger partial charge in [0.15, 0.2) is 0 Å². The SMILES string of the molecule is CCOc1ccc(OCCNC(=O)c2ccccc2CN2C(=O)CNC2=O)cc1. The van der Waals surface area contributed by atoms with Crippen LogP contribution in [-0.2, 0) is 11.3 Å². The molecule has 0 radical (unpaired) electrons. The van der Waals surface area contributed by atoms with Crippen molar-refractivity contribution in [1.29, 1.82) is 0 Å². The average molecular weight is 397 g/mol. The van der Waals surface area contributed by atoms with Crippen molar-refractivity contribution in [3.8, 4) is 11.5 Å². The van der Waals surface area contributed by atoms with Gasteiger partial charge in [-0.1, -0.05) is 18.2 Å². The maximum Gasteiger partial charge on any atom is 0.324 e. The topological polar surface area (TPSA) is 97.0 Å². The van der Waals surface area contributed by atoms with Gasteiger partial charge in [-0.3, -0.25) is 14.5 Å². The number of hydrogen-bond acceptors (Lipinski definition) is 5. The highest BCUT2D eigenvalue weighted by atomic mass is 16.5. The molecule has 1 fully saturated rings. The number of urea groups is 1. The van der Waals surface area contributed by atoms with Crippen LogP contribution in [0.5, 0.6) is 11.5 Å². The third-order valence-electron chi connectivity index (χ3n) is 4.32. The largest absolute Gasteiger partial charge is 0.494 e. The minimum Gasteiger partial charge on any atom is -0.494 e. The fourth-order valence-electron chi connectivity index (χ4n) is 2.89. The quantitative estimate of drug-likeness (QED) is 0.498. The van der Waals surface area contributed by atoms with Crippen LogP contribution >= 0.6 is 0 Å². The second-order valence-electron chi connectivity index (χ2n) is 6.30. The highest BCUT2D eigenvalue weighted by Gasteiger charge is 2.29. The van der Waals surface area contributed by atoms with E-state index in [1.54, 1.807) is 36.4 Å². The molecule has 0 spiro atoms. The number of carbonyl (C=O) groups is 3. The van der Waals surface area contributed by atoms with E-state index in [1.165, 1.54) is 0 Å². The van der Waals surface area contributed by atoms with Crippen molar-refractivity contribution >= 4 is 17.8 Å². The summed E-state index contributed by atoms with van der Waals surface area (Å²) in [5.74, 6) is 0.855. The summed E-state index contributed by atoms with van der Waals surface area (Å²) < 4.78 is 11.0. The van der Waals surface area contributed by atoms with Gasteiger partial charge < -0.3 is 20.1 Å². The first kappa shape index (κ1) is 20.2. The number of benzene rings is 2. The highest BCUT2D eigenvalue weighted by molar-refractivity contribution is 6.02. The predicted molar refractivity (Wildman–Crippen MR) is 106 cm³/mol. The predicted octanol–water partition coefficient (Wildman–Crippen LogP) is 1.95. The van der Waals surface area contributed by atoms with Crippen LogP contribution in [0.4, 0.5) is 4.79 Å². The maximum atomic E-state index is 12.5. The molecule has 8 nitrogen and oxygen atoms in total. The van der Waals surface area contributed by atoms with Crippen molar-refractivity contribution in [2.45, 2.75) is 13.5 Å². The normalized spacial score (nSPS) is 13.2.